The van der Waals surface area contributed by atoms with Crippen molar-refractivity contribution < 1.29 is 27.7 Å². The average Bonchev–Trinajstić information content (AvgIpc) is 2.80. The van der Waals surface area contributed by atoms with E-state index >= 15 is 0 Å². The number of nitrogens with zero attached hydrogens (tertiary/aromatic N) is 3. The molecule has 190 valence electrons. The molecule has 1 unspecified atom stereocenters. The minimum Gasteiger partial charge on any atom is -0.497 e. The topological polar surface area (TPSA) is 139 Å². The van der Waals surface area contributed by atoms with Crippen LogP contribution in [0.15, 0.2) is 42.5 Å². The molecule has 0 spiro atoms. The number of hydrogen-bond donors (Lipinski definition) is 1. The molecule has 2 aromatic rings. The van der Waals surface area contributed by atoms with Crippen LogP contribution in [0.3, 0.4) is 0 Å². The predicted octanol–water partition coefficient (Wildman–Crippen LogP) is 2.23. The summed E-state index contributed by atoms with van der Waals surface area (Å²) in [5, 5.41) is 13.9. The van der Waals surface area contributed by atoms with Gasteiger partial charge in [-0.05, 0) is 44.0 Å². The lowest BCUT2D eigenvalue weighted by Gasteiger charge is -2.31. The van der Waals surface area contributed by atoms with E-state index < -0.39 is 39.3 Å². The maximum Gasteiger partial charge on any atom is 0.271 e. The summed E-state index contributed by atoms with van der Waals surface area (Å²) in [6, 6.07) is 9.82. The van der Waals surface area contributed by atoms with Gasteiger partial charge in [0.1, 0.15) is 18.3 Å². The van der Waals surface area contributed by atoms with Crippen molar-refractivity contribution in [2.45, 2.75) is 33.4 Å². The highest BCUT2D eigenvalue weighted by molar-refractivity contribution is 7.92. The third-order valence-corrected chi connectivity index (χ3v) is 6.48. The molecule has 0 radical (unpaired) electrons. The summed E-state index contributed by atoms with van der Waals surface area (Å²) >= 11 is 0. The molecule has 0 heterocycles. The molecule has 0 aliphatic rings. The number of aryl methyl sites for hydroxylation is 1. The number of hydrogen-bond acceptors (Lipinski definition) is 7. The molecular formula is C23H30N4O7S. The van der Waals surface area contributed by atoms with Crippen LogP contribution in [0.1, 0.15) is 25.0 Å². The zero-order chi connectivity index (χ0) is 26.3. The number of nitro groups is 1. The zero-order valence-electron chi connectivity index (χ0n) is 20.3. The molecule has 2 amide bonds. The predicted molar refractivity (Wildman–Crippen MR) is 132 cm³/mol. The second kappa shape index (κ2) is 11.6. The van der Waals surface area contributed by atoms with Crippen LogP contribution in [0.4, 0.5) is 11.4 Å². The lowest BCUT2D eigenvalue weighted by Crippen LogP contribution is -2.51. The number of anilines is 1. The number of methoxy groups -OCH3 is 1. The molecule has 2 rings (SSSR count). The van der Waals surface area contributed by atoms with Crippen LogP contribution in [0.2, 0.25) is 0 Å². The molecule has 1 N–H and O–H groups in total. The van der Waals surface area contributed by atoms with E-state index in [0.29, 0.717) is 23.4 Å². The Kier molecular flexibility index (Phi) is 9.18. The van der Waals surface area contributed by atoms with Crippen molar-refractivity contribution in [2.24, 2.45) is 0 Å². The third kappa shape index (κ3) is 7.15. The molecule has 0 aromatic heterocycles. The van der Waals surface area contributed by atoms with Crippen molar-refractivity contribution in [2.75, 3.05) is 30.8 Å². The first-order valence-electron chi connectivity index (χ1n) is 10.8. The Morgan fingerprint density at radius 3 is 2.46 bits per heavy atom. The first-order chi connectivity index (χ1) is 16.4. The fourth-order valence-corrected chi connectivity index (χ4v) is 4.35. The van der Waals surface area contributed by atoms with Gasteiger partial charge in [-0.2, -0.15) is 0 Å². The van der Waals surface area contributed by atoms with Crippen molar-refractivity contribution in [3.05, 3.63) is 63.7 Å². The zero-order valence-corrected chi connectivity index (χ0v) is 21.2. The highest BCUT2D eigenvalue weighted by atomic mass is 32.2. The smallest absolute Gasteiger partial charge is 0.271 e. The van der Waals surface area contributed by atoms with Gasteiger partial charge >= 0.3 is 0 Å². The van der Waals surface area contributed by atoms with Gasteiger partial charge in [0.15, 0.2) is 0 Å². The van der Waals surface area contributed by atoms with Crippen LogP contribution < -0.4 is 14.4 Å². The molecule has 0 saturated heterocycles. The summed E-state index contributed by atoms with van der Waals surface area (Å²) in [6.07, 6.45) is 0.915. The van der Waals surface area contributed by atoms with Crippen molar-refractivity contribution in [3.8, 4) is 5.75 Å². The number of ether oxygens (including phenoxy) is 1. The van der Waals surface area contributed by atoms with Gasteiger partial charge in [0.2, 0.25) is 21.8 Å². The van der Waals surface area contributed by atoms with E-state index in [1.165, 1.54) is 24.1 Å². The number of amides is 2. The second-order valence-corrected chi connectivity index (χ2v) is 9.85. The monoisotopic (exact) mass is 506 g/mol. The van der Waals surface area contributed by atoms with Crippen molar-refractivity contribution in [1.82, 2.24) is 10.2 Å². The summed E-state index contributed by atoms with van der Waals surface area (Å²) in [4.78, 5) is 38.0. The minimum atomic E-state index is -4.01. The molecule has 0 fully saturated rings. The van der Waals surface area contributed by atoms with Gasteiger partial charge in [-0.15, -0.1) is 0 Å². The van der Waals surface area contributed by atoms with Crippen molar-refractivity contribution >= 4 is 33.2 Å². The summed E-state index contributed by atoms with van der Waals surface area (Å²) < 4.78 is 31.4. The summed E-state index contributed by atoms with van der Waals surface area (Å²) in [6.45, 7) is 4.61. The standard InChI is InChI=1S/C23H30N4O7S/c1-6-24-23(29)17(3)25(14-18-8-7-9-20(12-18)34-4)22(28)15-26(35(5,32)33)21-13-19(27(30)31)11-10-16(21)2/h7-13,17H,6,14-15H2,1-5H3,(H,24,29). The molecule has 0 bridgehead atoms. The Labute approximate surface area is 204 Å². The van der Waals surface area contributed by atoms with Crippen LogP contribution >= 0.6 is 0 Å². The number of non-ortho nitro benzene ring substituents is 1. The molecule has 0 aliphatic carbocycles. The van der Waals surface area contributed by atoms with E-state index in [4.69, 9.17) is 4.74 Å². The number of likely N-dealkylation sites (N-methyl/N-ethyl adjacent to an activating group) is 1. The third-order valence-electron chi connectivity index (χ3n) is 5.36. The Hall–Kier alpha value is -3.67. The fourth-order valence-electron chi connectivity index (χ4n) is 3.45. The van der Waals surface area contributed by atoms with Gasteiger partial charge in [0, 0.05) is 25.2 Å². The second-order valence-electron chi connectivity index (χ2n) is 7.94. The Morgan fingerprint density at radius 1 is 1.20 bits per heavy atom. The number of carbonyl (C=O) groups is 2. The van der Waals surface area contributed by atoms with Crippen LogP contribution in [-0.2, 0) is 26.2 Å². The Bertz CT molecular complexity index is 1200. The van der Waals surface area contributed by atoms with Gasteiger partial charge in [0.25, 0.3) is 5.69 Å². The van der Waals surface area contributed by atoms with E-state index in [1.807, 2.05) is 0 Å². The number of nitrogens with one attached hydrogen (secondary N) is 1. The minimum absolute atomic E-state index is 0.0137. The van der Waals surface area contributed by atoms with Gasteiger partial charge in [0.05, 0.1) is 24.0 Å². The Morgan fingerprint density at radius 2 is 1.89 bits per heavy atom. The van der Waals surface area contributed by atoms with Crippen molar-refractivity contribution in [1.29, 1.82) is 0 Å². The summed E-state index contributed by atoms with van der Waals surface area (Å²) in [5.41, 5.74) is 0.814. The normalized spacial score (nSPS) is 11.9. The van der Waals surface area contributed by atoms with Gasteiger partial charge in [-0.3, -0.25) is 24.0 Å². The van der Waals surface area contributed by atoms with Gasteiger partial charge in [-0.1, -0.05) is 18.2 Å². The van der Waals surface area contributed by atoms with E-state index in [0.717, 1.165) is 16.6 Å². The molecule has 2 aromatic carbocycles. The van der Waals surface area contributed by atoms with Gasteiger partial charge in [-0.25, -0.2) is 8.42 Å². The van der Waals surface area contributed by atoms with Crippen LogP contribution in [0.25, 0.3) is 0 Å². The number of rotatable bonds is 11. The lowest BCUT2D eigenvalue weighted by molar-refractivity contribution is -0.384. The Balaban J connectivity index is 2.48. The first kappa shape index (κ1) is 27.6. The van der Waals surface area contributed by atoms with E-state index in [1.54, 1.807) is 45.0 Å². The quantitative estimate of drug-likeness (QED) is 0.364. The molecular weight excluding hydrogens is 476 g/mol. The van der Waals surface area contributed by atoms with Crippen LogP contribution in [0.5, 0.6) is 5.75 Å². The highest BCUT2D eigenvalue weighted by Crippen LogP contribution is 2.28. The van der Waals surface area contributed by atoms with E-state index in [-0.39, 0.29) is 17.9 Å². The number of benzene rings is 2. The highest BCUT2D eigenvalue weighted by Gasteiger charge is 2.31. The van der Waals surface area contributed by atoms with Crippen molar-refractivity contribution in [3.63, 3.8) is 0 Å². The maximum absolute atomic E-state index is 13.5. The van der Waals surface area contributed by atoms with Crippen LogP contribution in [-0.4, -0.2) is 62.6 Å². The summed E-state index contributed by atoms with van der Waals surface area (Å²) in [7, 11) is -2.50. The van der Waals surface area contributed by atoms with E-state index in [2.05, 4.69) is 5.32 Å². The average molecular weight is 507 g/mol. The SMILES string of the molecule is CCNC(=O)C(C)N(Cc1cccc(OC)c1)C(=O)CN(c1cc([N+](=O)[O-])ccc1C)S(C)(=O)=O. The fraction of sp³-hybridized carbons (Fsp3) is 0.391. The first-order valence-corrected chi connectivity index (χ1v) is 12.7. The largest absolute Gasteiger partial charge is 0.497 e. The van der Waals surface area contributed by atoms with Gasteiger partial charge < -0.3 is 15.0 Å². The molecule has 35 heavy (non-hydrogen) atoms. The maximum atomic E-state index is 13.5. The molecule has 11 nitrogen and oxygen atoms in total. The van der Waals surface area contributed by atoms with Crippen LogP contribution in [0, 0.1) is 17.0 Å². The lowest BCUT2D eigenvalue weighted by atomic mass is 10.1. The molecule has 1 atom stereocenters. The number of carbonyl (C=O) groups excluding carboxylic acids is 2. The number of sulfonamides is 1. The molecule has 0 saturated carbocycles. The molecule has 12 heteroatoms. The van der Waals surface area contributed by atoms with E-state index in [9.17, 15) is 28.1 Å². The number of nitro benzene ring substituents is 1. The molecule has 0 aliphatic heterocycles. The summed E-state index contributed by atoms with van der Waals surface area (Å²) in [5.74, 6) is -0.491.